The highest BCUT2D eigenvalue weighted by Gasteiger charge is 2.43. The van der Waals surface area contributed by atoms with Crippen molar-refractivity contribution in [3.63, 3.8) is 0 Å². The molecule has 0 aliphatic heterocycles. The predicted molar refractivity (Wildman–Crippen MR) is 94.0 cm³/mol. The van der Waals surface area contributed by atoms with E-state index >= 15 is 0 Å². The number of rotatable bonds is 7. The molecule has 5 N–H and O–H groups in total. The van der Waals surface area contributed by atoms with Crippen molar-refractivity contribution in [1.29, 1.82) is 0 Å². The van der Waals surface area contributed by atoms with Gasteiger partial charge in [-0.2, -0.15) is 0 Å². The standard InChI is InChI=1S/C16H22N6O5/c1-17-15-12-16(19-6-18-15)20-7-22(12)9-5-8(13(26)14(9)27)21-10(23)3-2-4-11(24)25/h6-9,13-14,26-27H,2-5H2,1H3,(H,21,23)(H,24,25)(H,17,18,19)/t8-,9+,13+,14-/m1/s1. The van der Waals surface area contributed by atoms with E-state index in [0.717, 1.165) is 0 Å². The zero-order chi connectivity index (χ0) is 19.6. The molecule has 1 saturated carbocycles. The van der Waals surface area contributed by atoms with Gasteiger partial charge in [-0.05, 0) is 12.8 Å². The molecule has 0 aromatic carbocycles. The van der Waals surface area contributed by atoms with Crippen LogP contribution in [0.5, 0.6) is 0 Å². The summed E-state index contributed by atoms with van der Waals surface area (Å²) in [6, 6.07) is -1.17. The van der Waals surface area contributed by atoms with Crippen LogP contribution in [-0.4, -0.2) is 72.0 Å². The van der Waals surface area contributed by atoms with Crippen molar-refractivity contribution in [3.8, 4) is 0 Å². The first-order valence-corrected chi connectivity index (χ1v) is 8.65. The van der Waals surface area contributed by atoms with Gasteiger partial charge in [-0.15, -0.1) is 0 Å². The molecule has 1 amide bonds. The lowest BCUT2D eigenvalue weighted by atomic mass is 10.1. The van der Waals surface area contributed by atoms with E-state index in [-0.39, 0.29) is 31.6 Å². The van der Waals surface area contributed by atoms with E-state index < -0.39 is 30.3 Å². The molecule has 11 nitrogen and oxygen atoms in total. The van der Waals surface area contributed by atoms with Crippen LogP contribution in [0.15, 0.2) is 12.7 Å². The molecule has 0 spiro atoms. The molecular formula is C16H22N6O5. The number of carbonyl (C=O) groups excluding carboxylic acids is 1. The van der Waals surface area contributed by atoms with Gasteiger partial charge < -0.3 is 30.5 Å². The third-order valence-electron chi connectivity index (χ3n) is 4.75. The Balaban J connectivity index is 1.74. The molecule has 2 aromatic heterocycles. The van der Waals surface area contributed by atoms with E-state index in [1.165, 1.54) is 12.7 Å². The average molecular weight is 378 g/mol. The zero-order valence-corrected chi connectivity index (χ0v) is 14.7. The monoisotopic (exact) mass is 378 g/mol. The van der Waals surface area contributed by atoms with E-state index in [1.54, 1.807) is 11.6 Å². The van der Waals surface area contributed by atoms with Crippen molar-refractivity contribution in [1.82, 2.24) is 24.8 Å². The molecule has 146 valence electrons. The Morgan fingerprint density at radius 2 is 2.00 bits per heavy atom. The van der Waals surface area contributed by atoms with Gasteiger partial charge in [0.05, 0.1) is 18.4 Å². The molecule has 1 fully saturated rings. The molecule has 2 heterocycles. The molecule has 11 heteroatoms. The summed E-state index contributed by atoms with van der Waals surface area (Å²) in [6.07, 6.45) is 1.09. The fraction of sp³-hybridized carbons (Fsp3) is 0.562. The number of nitrogens with zero attached hydrogens (tertiary/aromatic N) is 4. The Morgan fingerprint density at radius 3 is 2.70 bits per heavy atom. The van der Waals surface area contributed by atoms with Crippen LogP contribution in [0.25, 0.3) is 11.2 Å². The number of aromatic nitrogens is 4. The first-order chi connectivity index (χ1) is 12.9. The third kappa shape index (κ3) is 3.83. The molecule has 27 heavy (non-hydrogen) atoms. The van der Waals surface area contributed by atoms with Crippen LogP contribution in [0.3, 0.4) is 0 Å². The van der Waals surface area contributed by atoms with Gasteiger partial charge in [0, 0.05) is 19.9 Å². The van der Waals surface area contributed by atoms with Gasteiger partial charge in [0.25, 0.3) is 0 Å². The number of amides is 1. The predicted octanol–water partition coefficient (Wildman–Crippen LogP) is -0.726. The van der Waals surface area contributed by atoms with E-state index in [4.69, 9.17) is 5.11 Å². The molecule has 2 aromatic rings. The molecule has 0 bridgehead atoms. The number of carboxylic acids is 1. The number of aliphatic hydroxyl groups is 2. The van der Waals surface area contributed by atoms with Crippen LogP contribution in [0.4, 0.5) is 5.82 Å². The summed E-state index contributed by atoms with van der Waals surface area (Å²) < 4.78 is 1.70. The Hall–Kier alpha value is -2.79. The maximum Gasteiger partial charge on any atom is 0.303 e. The molecule has 0 saturated heterocycles. The van der Waals surface area contributed by atoms with Crippen LogP contribution >= 0.6 is 0 Å². The molecule has 1 aliphatic rings. The second-order valence-corrected chi connectivity index (χ2v) is 6.50. The van der Waals surface area contributed by atoms with Crippen molar-refractivity contribution >= 4 is 28.9 Å². The summed E-state index contributed by atoms with van der Waals surface area (Å²) in [5.74, 6) is -0.781. The van der Waals surface area contributed by atoms with E-state index in [1.807, 2.05) is 0 Å². The highest BCUT2D eigenvalue weighted by Crippen LogP contribution is 2.34. The molecule has 1 aliphatic carbocycles. The minimum absolute atomic E-state index is 0.0437. The second-order valence-electron chi connectivity index (χ2n) is 6.50. The summed E-state index contributed by atoms with van der Waals surface area (Å²) in [5.41, 5.74) is 1.06. The lowest BCUT2D eigenvalue weighted by Crippen LogP contribution is -2.43. The molecule has 0 radical (unpaired) electrons. The van der Waals surface area contributed by atoms with Crippen LogP contribution in [0.2, 0.25) is 0 Å². The number of hydrogen-bond acceptors (Lipinski definition) is 8. The first-order valence-electron chi connectivity index (χ1n) is 8.65. The highest BCUT2D eigenvalue weighted by atomic mass is 16.4. The van der Waals surface area contributed by atoms with Crippen LogP contribution < -0.4 is 10.6 Å². The summed E-state index contributed by atoms with van der Waals surface area (Å²) in [6.45, 7) is 0. The summed E-state index contributed by atoms with van der Waals surface area (Å²) in [5, 5.41) is 35.1. The Morgan fingerprint density at radius 1 is 1.22 bits per heavy atom. The van der Waals surface area contributed by atoms with E-state index in [2.05, 4.69) is 25.6 Å². The van der Waals surface area contributed by atoms with Gasteiger partial charge >= 0.3 is 5.97 Å². The fourth-order valence-electron chi connectivity index (χ4n) is 3.42. The van der Waals surface area contributed by atoms with Crippen LogP contribution in [-0.2, 0) is 9.59 Å². The molecule has 0 unspecified atom stereocenters. The Kier molecular flexibility index (Phi) is 5.51. The smallest absolute Gasteiger partial charge is 0.303 e. The number of fused-ring (bicyclic) bond motifs is 1. The second kappa shape index (κ2) is 7.84. The lowest BCUT2D eigenvalue weighted by molar-refractivity contribution is -0.137. The van der Waals surface area contributed by atoms with Gasteiger partial charge in [-0.3, -0.25) is 9.59 Å². The molecular weight excluding hydrogens is 356 g/mol. The minimum atomic E-state index is -1.15. The summed E-state index contributed by atoms with van der Waals surface area (Å²) in [7, 11) is 1.71. The molecule has 4 atom stereocenters. The van der Waals surface area contributed by atoms with Crippen molar-refractivity contribution < 1.29 is 24.9 Å². The molecule has 3 rings (SSSR count). The van der Waals surface area contributed by atoms with E-state index in [9.17, 15) is 19.8 Å². The number of anilines is 1. The van der Waals surface area contributed by atoms with Gasteiger partial charge in [-0.25, -0.2) is 15.0 Å². The van der Waals surface area contributed by atoms with Crippen molar-refractivity contribution in [2.45, 2.75) is 50.0 Å². The Bertz CT molecular complexity index is 840. The topological polar surface area (TPSA) is 162 Å². The van der Waals surface area contributed by atoms with Gasteiger partial charge in [0.2, 0.25) is 5.91 Å². The number of imidazole rings is 1. The largest absolute Gasteiger partial charge is 0.481 e. The number of carbonyl (C=O) groups is 2. The van der Waals surface area contributed by atoms with Gasteiger partial charge in [0.1, 0.15) is 24.1 Å². The fourth-order valence-corrected chi connectivity index (χ4v) is 3.42. The normalized spacial score (nSPS) is 24.9. The zero-order valence-electron chi connectivity index (χ0n) is 14.7. The highest BCUT2D eigenvalue weighted by molar-refractivity contribution is 5.83. The minimum Gasteiger partial charge on any atom is -0.481 e. The summed E-state index contributed by atoms with van der Waals surface area (Å²) in [4.78, 5) is 35.0. The van der Waals surface area contributed by atoms with Gasteiger partial charge in [0.15, 0.2) is 11.5 Å². The van der Waals surface area contributed by atoms with Crippen molar-refractivity contribution in [3.05, 3.63) is 12.7 Å². The first kappa shape index (κ1) is 19.0. The maximum atomic E-state index is 12.0. The van der Waals surface area contributed by atoms with Crippen molar-refractivity contribution in [2.24, 2.45) is 0 Å². The number of hydrogen-bond donors (Lipinski definition) is 5. The summed E-state index contributed by atoms with van der Waals surface area (Å²) >= 11 is 0. The average Bonchev–Trinajstić information content (AvgIpc) is 3.17. The number of aliphatic hydroxyl groups excluding tert-OH is 2. The lowest BCUT2D eigenvalue weighted by Gasteiger charge is -2.19. The maximum absolute atomic E-state index is 12.0. The number of aliphatic carboxylic acids is 1. The van der Waals surface area contributed by atoms with E-state index in [0.29, 0.717) is 17.0 Å². The SMILES string of the molecule is CNc1ncnc2ncn([C@H]3C[C@@H](NC(=O)CCCC(=O)O)[C@H](O)[C@@H]3O)c12. The number of carboxylic acid groups (broad SMARTS) is 1. The Labute approximate surface area is 154 Å². The number of nitrogens with one attached hydrogen (secondary N) is 2. The van der Waals surface area contributed by atoms with Crippen LogP contribution in [0.1, 0.15) is 31.7 Å². The third-order valence-corrected chi connectivity index (χ3v) is 4.75. The quantitative estimate of drug-likeness (QED) is 0.418. The van der Waals surface area contributed by atoms with Gasteiger partial charge in [-0.1, -0.05) is 0 Å². The van der Waals surface area contributed by atoms with Crippen LogP contribution in [0, 0.1) is 0 Å². The van der Waals surface area contributed by atoms with Crippen molar-refractivity contribution in [2.75, 3.05) is 12.4 Å².